The molecule has 1 aromatic rings. The Balaban J connectivity index is 2.74. The zero-order chi connectivity index (χ0) is 10.4. The Labute approximate surface area is 81.5 Å². The number of carboxylic acids is 1. The topological polar surface area (TPSA) is 75.1 Å². The van der Waals surface area contributed by atoms with Crippen molar-refractivity contribution in [2.75, 3.05) is 11.9 Å². The maximum Gasteiger partial charge on any atom is 0.358 e. The number of nitrogens with one attached hydrogen (secondary N) is 1. The fourth-order valence-electron chi connectivity index (χ4n) is 0.917. The standard InChI is InChI=1S/C9H11N3O2/c1-2-3-4-11-8-7(9(13)14)10-5-6-12-8/h2,5-6H,1,3-4H2,(H,11,12)(H,13,14). The number of carboxylic acid groups (broad SMARTS) is 1. The minimum Gasteiger partial charge on any atom is -0.476 e. The molecule has 1 heterocycles. The van der Waals surface area contributed by atoms with Gasteiger partial charge in [0.25, 0.3) is 0 Å². The summed E-state index contributed by atoms with van der Waals surface area (Å²) in [5.41, 5.74) is -0.0587. The first-order valence-electron chi connectivity index (χ1n) is 4.14. The number of hydrogen-bond donors (Lipinski definition) is 2. The molecule has 0 radical (unpaired) electrons. The Bertz CT molecular complexity index is 339. The SMILES string of the molecule is C=CCCNc1nccnc1C(=O)O. The van der Waals surface area contributed by atoms with E-state index >= 15 is 0 Å². The van der Waals surface area contributed by atoms with Crippen LogP contribution >= 0.6 is 0 Å². The second-order valence-electron chi connectivity index (χ2n) is 2.56. The molecule has 5 heteroatoms. The van der Waals surface area contributed by atoms with Crippen LogP contribution in [0, 0.1) is 0 Å². The number of carbonyl (C=O) groups is 1. The third-order valence-electron chi connectivity index (χ3n) is 1.54. The van der Waals surface area contributed by atoms with Crippen LogP contribution in [-0.4, -0.2) is 27.6 Å². The maximum absolute atomic E-state index is 10.7. The van der Waals surface area contributed by atoms with Gasteiger partial charge in [-0.15, -0.1) is 6.58 Å². The second-order valence-corrected chi connectivity index (χ2v) is 2.56. The Kier molecular flexibility index (Phi) is 3.60. The van der Waals surface area contributed by atoms with Gasteiger partial charge in [0, 0.05) is 18.9 Å². The highest BCUT2D eigenvalue weighted by Gasteiger charge is 2.11. The van der Waals surface area contributed by atoms with Gasteiger partial charge in [0.1, 0.15) is 0 Å². The van der Waals surface area contributed by atoms with E-state index in [-0.39, 0.29) is 5.69 Å². The van der Waals surface area contributed by atoms with Crippen molar-refractivity contribution >= 4 is 11.8 Å². The van der Waals surface area contributed by atoms with Crippen molar-refractivity contribution < 1.29 is 9.90 Å². The zero-order valence-electron chi connectivity index (χ0n) is 7.60. The van der Waals surface area contributed by atoms with E-state index in [9.17, 15) is 4.79 Å². The molecule has 0 unspecified atom stereocenters. The first-order chi connectivity index (χ1) is 6.75. The monoisotopic (exact) mass is 193 g/mol. The number of aromatic carboxylic acids is 1. The van der Waals surface area contributed by atoms with Crippen LogP contribution in [0.15, 0.2) is 25.0 Å². The molecule has 0 saturated heterocycles. The second kappa shape index (κ2) is 4.96. The van der Waals surface area contributed by atoms with Gasteiger partial charge >= 0.3 is 5.97 Å². The Morgan fingerprint density at radius 3 is 2.93 bits per heavy atom. The minimum atomic E-state index is -1.08. The van der Waals surface area contributed by atoms with Crippen LogP contribution in [0.3, 0.4) is 0 Å². The molecule has 0 bridgehead atoms. The fourth-order valence-corrected chi connectivity index (χ4v) is 0.917. The van der Waals surface area contributed by atoms with E-state index in [1.807, 2.05) is 0 Å². The molecule has 0 spiro atoms. The summed E-state index contributed by atoms with van der Waals surface area (Å²) < 4.78 is 0. The van der Waals surface area contributed by atoms with Crippen LogP contribution in [0.1, 0.15) is 16.9 Å². The molecule has 14 heavy (non-hydrogen) atoms. The third kappa shape index (κ3) is 2.55. The lowest BCUT2D eigenvalue weighted by molar-refractivity contribution is 0.0691. The van der Waals surface area contributed by atoms with Gasteiger partial charge in [-0.25, -0.2) is 14.8 Å². The van der Waals surface area contributed by atoms with E-state index in [0.29, 0.717) is 12.4 Å². The molecule has 0 amide bonds. The summed E-state index contributed by atoms with van der Waals surface area (Å²) in [6.07, 6.45) is 5.28. The number of aromatic nitrogens is 2. The molecule has 5 nitrogen and oxygen atoms in total. The molecule has 2 N–H and O–H groups in total. The average Bonchev–Trinajstić information content (AvgIpc) is 2.19. The summed E-state index contributed by atoms with van der Waals surface area (Å²) in [6, 6.07) is 0. The number of hydrogen-bond acceptors (Lipinski definition) is 4. The van der Waals surface area contributed by atoms with Crippen LogP contribution in [0.4, 0.5) is 5.82 Å². The molecular formula is C9H11N3O2. The summed E-state index contributed by atoms with van der Waals surface area (Å²) in [5.74, 6) is -0.791. The summed E-state index contributed by atoms with van der Waals surface area (Å²) >= 11 is 0. The van der Waals surface area contributed by atoms with Gasteiger partial charge in [-0.3, -0.25) is 0 Å². The molecule has 0 aliphatic rings. The quantitative estimate of drug-likeness (QED) is 0.542. The highest BCUT2D eigenvalue weighted by Crippen LogP contribution is 2.07. The van der Waals surface area contributed by atoms with E-state index in [1.54, 1.807) is 6.08 Å². The highest BCUT2D eigenvalue weighted by atomic mass is 16.4. The van der Waals surface area contributed by atoms with Crippen molar-refractivity contribution in [3.05, 3.63) is 30.7 Å². The van der Waals surface area contributed by atoms with E-state index in [1.165, 1.54) is 12.4 Å². The zero-order valence-corrected chi connectivity index (χ0v) is 7.60. The van der Waals surface area contributed by atoms with Crippen molar-refractivity contribution in [2.45, 2.75) is 6.42 Å². The molecular weight excluding hydrogens is 182 g/mol. The van der Waals surface area contributed by atoms with Crippen molar-refractivity contribution in [2.24, 2.45) is 0 Å². The smallest absolute Gasteiger partial charge is 0.358 e. The van der Waals surface area contributed by atoms with E-state index in [2.05, 4.69) is 21.9 Å². The largest absolute Gasteiger partial charge is 0.476 e. The van der Waals surface area contributed by atoms with Crippen molar-refractivity contribution in [1.29, 1.82) is 0 Å². The molecule has 0 aliphatic heterocycles. The molecule has 0 aliphatic carbocycles. The van der Waals surface area contributed by atoms with Gasteiger partial charge in [-0.1, -0.05) is 6.08 Å². The van der Waals surface area contributed by atoms with Crippen LogP contribution < -0.4 is 5.32 Å². The lowest BCUT2D eigenvalue weighted by atomic mass is 10.3. The summed E-state index contributed by atoms with van der Waals surface area (Å²) in [4.78, 5) is 18.3. The van der Waals surface area contributed by atoms with Gasteiger partial charge in [0.2, 0.25) is 0 Å². The summed E-state index contributed by atoms with van der Waals surface area (Å²) in [5, 5.41) is 11.6. The van der Waals surface area contributed by atoms with E-state index in [0.717, 1.165) is 6.42 Å². The maximum atomic E-state index is 10.7. The first kappa shape index (κ1) is 10.2. The Hall–Kier alpha value is -1.91. The van der Waals surface area contributed by atoms with Gasteiger partial charge in [-0.05, 0) is 6.42 Å². The van der Waals surface area contributed by atoms with Gasteiger partial charge in [0.05, 0.1) is 0 Å². The molecule has 0 aromatic carbocycles. The lowest BCUT2D eigenvalue weighted by Crippen LogP contribution is -2.10. The van der Waals surface area contributed by atoms with E-state index in [4.69, 9.17) is 5.11 Å². The molecule has 74 valence electrons. The number of anilines is 1. The molecule has 0 fully saturated rings. The summed E-state index contributed by atoms with van der Waals surface area (Å²) in [7, 11) is 0. The predicted molar refractivity (Wildman–Crippen MR) is 52.3 cm³/mol. The van der Waals surface area contributed by atoms with Gasteiger partial charge in [-0.2, -0.15) is 0 Å². The first-order valence-corrected chi connectivity index (χ1v) is 4.14. The van der Waals surface area contributed by atoms with E-state index < -0.39 is 5.97 Å². The molecule has 0 atom stereocenters. The fraction of sp³-hybridized carbons (Fsp3) is 0.222. The Morgan fingerprint density at radius 2 is 2.29 bits per heavy atom. The Morgan fingerprint density at radius 1 is 1.57 bits per heavy atom. The molecule has 0 saturated carbocycles. The van der Waals surface area contributed by atoms with Crippen LogP contribution in [0.25, 0.3) is 0 Å². The predicted octanol–water partition coefficient (Wildman–Crippen LogP) is 1.16. The normalized spacial score (nSPS) is 9.43. The average molecular weight is 193 g/mol. The van der Waals surface area contributed by atoms with Crippen molar-refractivity contribution in [3.8, 4) is 0 Å². The number of rotatable bonds is 5. The van der Waals surface area contributed by atoms with Crippen LogP contribution in [0.5, 0.6) is 0 Å². The number of nitrogens with zero attached hydrogens (tertiary/aromatic N) is 2. The van der Waals surface area contributed by atoms with Crippen LogP contribution in [-0.2, 0) is 0 Å². The van der Waals surface area contributed by atoms with Gasteiger partial charge < -0.3 is 10.4 Å². The molecule has 1 aromatic heterocycles. The van der Waals surface area contributed by atoms with Gasteiger partial charge in [0.15, 0.2) is 11.5 Å². The highest BCUT2D eigenvalue weighted by molar-refractivity contribution is 5.90. The van der Waals surface area contributed by atoms with Crippen molar-refractivity contribution in [1.82, 2.24) is 9.97 Å². The van der Waals surface area contributed by atoms with Crippen molar-refractivity contribution in [3.63, 3.8) is 0 Å². The molecule has 1 rings (SSSR count). The third-order valence-corrected chi connectivity index (χ3v) is 1.54. The minimum absolute atomic E-state index is 0.0587. The van der Waals surface area contributed by atoms with Crippen LogP contribution in [0.2, 0.25) is 0 Å². The summed E-state index contributed by atoms with van der Waals surface area (Å²) in [6.45, 7) is 4.16. The lowest BCUT2D eigenvalue weighted by Gasteiger charge is -2.05.